The van der Waals surface area contributed by atoms with E-state index in [2.05, 4.69) is 5.32 Å². The maximum Gasteiger partial charge on any atom is 0.327 e. The molecule has 4 nitrogen and oxygen atoms in total. The summed E-state index contributed by atoms with van der Waals surface area (Å²) >= 11 is 1.53. The Labute approximate surface area is 94.8 Å². The number of carbonyl (C=O) groups is 2. The van der Waals surface area contributed by atoms with Gasteiger partial charge in [0, 0.05) is 11.7 Å². The quantitative estimate of drug-likeness (QED) is 0.727. The van der Waals surface area contributed by atoms with Crippen LogP contribution in [0.1, 0.15) is 27.7 Å². The molecule has 0 saturated carbocycles. The van der Waals surface area contributed by atoms with E-state index in [0.717, 1.165) is 0 Å². The zero-order valence-corrected chi connectivity index (χ0v) is 10.4. The molecule has 0 aromatic heterocycles. The second-order valence-corrected chi connectivity index (χ2v) is 5.55. The van der Waals surface area contributed by atoms with Crippen LogP contribution >= 0.6 is 11.8 Å². The average molecular weight is 233 g/mol. The van der Waals surface area contributed by atoms with Crippen molar-refractivity contribution in [2.24, 2.45) is 5.92 Å². The summed E-state index contributed by atoms with van der Waals surface area (Å²) in [4.78, 5) is 22.2. The molecule has 1 unspecified atom stereocenters. The minimum Gasteiger partial charge on any atom is -0.480 e. The Balaban J connectivity index is 4.17. The molecule has 0 saturated heterocycles. The normalized spacial score (nSPS) is 12.9. The van der Waals surface area contributed by atoms with Crippen molar-refractivity contribution >= 4 is 23.6 Å². The van der Waals surface area contributed by atoms with Gasteiger partial charge in [0.2, 0.25) is 5.91 Å². The maximum atomic E-state index is 11.3. The van der Waals surface area contributed by atoms with E-state index >= 15 is 0 Å². The largest absolute Gasteiger partial charge is 0.480 e. The van der Waals surface area contributed by atoms with Gasteiger partial charge in [-0.2, -0.15) is 11.8 Å². The molecule has 0 spiro atoms. The van der Waals surface area contributed by atoms with Gasteiger partial charge in [-0.1, -0.05) is 27.7 Å². The van der Waals surface area contributed by atoms with E-state index in [1.807, 2.05) is 13.8 Å². The van der Waals surface area contributed by atoms with Gasteiger partial charge < -0.3 is 10.4 Å². The summed E-state index contributed by atoms with van der Waals surface area (Å²) in [5, 5.41) is 11.8. The molecule has 0 aliphatic carbocycles. The maximum absolute atomic E-state index is 11.3. The van der Waals surface area contributed by atoms with Crippen molar-refractivity contribution in [3.8, 4) is 0 Å². The van der Waals surface area contributed by atoms with Gasteiger partial charge >= 0.3 is 5.97 Å². The van der Waals surface area contributed by atoms with Crippen LogP contribution in [0, 0.1) is 5.92 Å². The predicted molar refractivity (Wildman–Crippen MR) is 62.0 cm³/mol. The zero-order valence-electron chi connectivity index (χ0n) is 9.61. The van der Waals surface area contributed by atoms with Crippen LogP contribution < -0.4 is 5.32 Å². The van der Waals surface area contributed by atoms with Crippen molar-refractivity contribution in [2.45, 2.75) is 39.0 Å². The molecule has 15 heavy (non-hydrogen) atoms. The summed E-state index contributed by atoms with van der Waals surface area (Å²) in [5.41, 5.74) is 0. The van der Waals surface area contributed by atoms with E-state index in [0.29, 0.717) is 11.0 Å². The molecule has 0 radical (unpaired) electrons. The second-order valence-electron chi connectivity index (χ2n) is 3.94. The molecule has 0 aromatic carbocycles. The lowest BCUT2D eigenvalue weighted by Crippen LogP contribution is -2.44. The van der Waals surface area contributed by atoms with E-state index in [1.54, 1.807) is 13.8 Å². The van der Waals surface area contributed by atoms with E-state index in [-0.39, 0.29) is 11.8 Å². The standard InChI is InChI=1S/C10H19NO3S/c1-6(2)9(12)11-8(10(13)14)5-15-7(3)4/h6-8H,5H2,1-4H3,(H,11,12)(H,13,14). The summed E-state index contributed by atoms with van der Waals surface area (Å²) in [7, 11) is 0. The average Bonchev–Trinajstić information content (AvgIpc) is 2.10. The van der Waals surface area contributed by atoms with Crippen LogP contribution in [0.15, 0.2) is 0 Å². The number of rotatable bonds is 6. The third-order valence-corrected chi connectivity index (χ3v) is 2.93. The summed E-state index contributed by atoms with van der Waals surface area (Å²) in [5.74, 6) is -0.967. The molecule has 0 aliphatic heterocycles. The van der Waals surface area contributed by atoms with Crippen molar-refractivity contribution in [3.63, 3.8) is 0 Å². The molecular formula is C10H19NO3S. The van der Waals surface area contributed by atoms with Crippen molar-refractivity contribution < 1.29 is 14.7 Å². The van der Waals surface area contributed by atoms with E-state index in [1.165, 1.54) is 11.8 Å². The van der Waals surface area contributed by atoms with Crippen LogP contribution in [0.25, 0.3) is 0 Å². The van der Waals surface area contributed by atoms with Gasteiger partial charge in [0.15, 0.2) is 0 Å². The molecule has 88 valence electrons. The van der Waals surface area contributed by atoms with Gasteiger partial charge in [0.25, 0.3) is 0 Å². The van der Waals surface area contributed by atoms with Gasteiger partial charge in [-0.3, -0.25) is 4.79 Å². The van der Waals surface area contributed by atoms with Gasteiger partial charge in [0.05, 0.1) is 0 Å². The third-order valence-electron chi connectivity index (χ3n) is 1.74. The number of thioether (sulfide) groups is 1. The van der Waals surface area contributed by atoms with Crippen LogP contribution in [-0.4, -0.2) is 34.0 Å². The van der Waals surface area contributed by atoms with Crippen LogP contribution in [-0.2, 0) is 9.59 Å². The van der Waals surface area contributed by atoms with Crippen molar-refractivity contribution in [1.82, 2.24) is 5.32 Å². The number of carboxylic acids is 1. The number of aliphatic carboxylic acids is 1. The number of hydrogen-bond donors (Lipinski definition) is 2. The highest BCUT2D eigenvalue weighted by Crippen LogP contribution is 2.11. The first-order valence-electron chi connectivity index (χ1n) is 4.99. The van der Waals surface area contributed by atoms with Crippen molar-refractivity contribution in [1.29, 1.82) is 0 Å². The molecule has 1 atom stereocenters. The second kappa shape index (κ2) is 6.71. The number of amides is 1. The van der Waals surface area contributed by atoms with Gasteiger partial charge in [0.1, 0.15) is 6.04 Å². The lowest BCUT2D eigenvalue weighted by Gasteiger charge is -2.16. The highest BCUT2D eigenvalue weighted by molar-refractivity contribution is 7.99. The molecule has 0 aromatic rings. The fourth-order valence-electron chi connectivity index (χ4n) is 0.802. The monoisotopic (exact) mass is 233 g/mol. The van der Waals surface area contributed by atoms with E-state index < -0.39 is 12.0 Å². The topological polar surface area (TPSA) is 66.4 Å². The zero-order chi connectivity index (χ0) is 12.0. The molecule has 1 amide bonds. The predicted octanol–water partition coefficient (Wildman–Crippen LogP) is 1.35. The summed E-state index contributed by atoms with van der Waals surface area (Å²) < 4.78 is 0. The first-order chi connectivity index (χ1) is 6.84. The summed E-state index contributed by atoms with van der Waals surface area (Å²) in [6.45, 7) is 7.47. The van der Waals surface area contributed by atoms with Crippen LogP contribution in [0.2, 0.25) is 0 Å². The molecule has 2 N–H and O–H groups in total. The number of carboxylic acid groups (broad SMARTS) is 1. The van der Waals surface area contributed by atoms with Crippen molar-refractivity contribution in [2.75, 3.05) is 5.75 Å². The van der Waals surface area contributed by atoms with E-state index in [4.69, 9.17) is 5.11 Å². The summed E-state index contributed by atoms with van der Waals surface area (Å²) in [6.07, 6.45) is 0. The minimum absolute atomic E-state index is 0.184. The SMILES string of the molecule is CC(C)SCC(NC(=O)C(C)C)C(=O)O. The molecular weight excluding hydrogens is 214 g/mol. The fourth-order valence-corrected chi connectivity index (χ4v) is 1.61. The highest BCUT2D eigenvalue weighted by Gasteiger charge is 2.21. The van der Waals surface area contributed by atoms with E-state index in [9.17, 15) is 9.59 Å². The third kappa shape index (κ3) is 6.38. The summed E-state index contributed by atoms with van der Waals surface area (Å²) in [6, 6.07) is -0.785. The van der Waals surface area contributed by atoms with Crippen molar-refractivity contribution in [3.05, 3.63) is 0 Å². The number of hydrogen-bond acceptors (Lipinski definition) is 3. The lowest BCUT2D eigenvalue weighted by molar-refractivity contribution is -0.141. The molecule has 0 fully saturated rings. The number of nitrogens with one attached hydrogen (secondary N) is 1. The Morgan fingerprint density at radius 3 is 2.13 bits per heavy atom. The molecule has 5 heteroatoms. The highest BCUT2D eigenvalue weighted by atomic mass is 32.2. The minimum atomic E-state index is -0.975. The van der Waals surface area contributed by atoms with Gasteiger partial charge in [-0.25, -0.2) is 4.79 Å². The first-order valence-corrected chi connectivity index (χ1v) is 6.04. The molecule has 0 rings (SSSR count). The Morgan fingerprint density at radius 1 is 1.27 bits per heavy atom. The Hall–Kier alpha value is -0.710. The molecule has 0 aliphatic rings. The first kappa shape index (κ1) is 14.3. The van der Waals surface area contributed by atoms with Crippen LogP contribution in [0.5, 0.6) is 0 Å². The smallest absolute Gasteiger partial charge is 0.327 e. The Morgan fingerprint density at radius 2 is 1.80 bits per heavy atom. The number of carbonyl (C=O) groups excluding carboxylic acids is 1. The van der Waals surface area contributed by atoms with Crippen LogP contribution in [0.4, 0.5) is 0 Å². The molecule has 0 bridgehead atoms. The fraction of sp³-hybridized carbons (Fsp3) is 0.800. The van der Waals surface area contributed by atoms with Gasteiger partial charge in [-0.15, -0.1) is 0 Å². The lowest BCUT2D eigenvalue weighted by atomic mass is 10.2. The van der Waals surface area contributed by atoms with Crippen LogP contribution in [0.3, 0.4) is 0 Å². The van der Waals surface area contributed by atoms with Gasteiger partial charge in [-0.05, 0) is 5.25 Å². The Bertz CT molecular complexity index is 229. The molecule has 0 heterocycles. The Kier molecular flexibility index (Phi) is 6.40.